The molecule has 0 aliphatic heterocycles. The lowest BCUT2D eigenvalue weighted by Gasteiger charge is -2.25. The van der Waals surface area contributed by atoms with Gasteiger partial charge in [-0.1, -0.05) is 13.8 Å². The van der Waals surface area contributed by atoms with Crippen molar-refractivity contribution in [2.75, 3.05) is 45.2 Å². The van der Waals surface area contributed by atoms with E-state index in [1.54, 1.807) is 12.1 Å². The van der Waals surface area contributed by atoms with Gasteiger partial charge >= 0.3 is 11.9 Å². The number of carbonyl (C=O) groups excluding carboxylic acids is 1. The number of carboxylic acid groups (broad SMARTS) is 1. The Labute approximate surface area is 131 Å². The van der Waals surface area contributed by atoms with Crippen LogP contribution in [0, 0.1) is 0 Å². The molecule has 6 nitrogen and oxygen atoms in total. The fourth-order valence-electron chi connectivity index (χ4n) is 2.15. The van der Waals surface area contributed by atoms with E-state index >= 15 is 0 Å². The van der Waals surface area contributed by atoms with Crippen LogP contribution in [-0.2, 0) is 4.74 Å². The lowest BCUT2D eigenvalue weighted by Crippen LogP contribution is -2.33. The van der Waals surface area contributed by atoms with Gasteiger partial charge in [0.25, 0.3) is 0 Å². The second-order valence-corrected chi connectivity index (χ2v) is 5.01. The molecule has 0 aromatic heterocycles. The van der Waals surface area contributed by atoms with Gasteiger partial charge in [0, 0.05) is 25.8 Å². The van der Waals surface area contributed by atoms with Gasteiger partial charge in [-0.2, -0.15) is 0 Å². The van der Waals surface area contributed by atoms with Crippen LogP contribution in [-0.4, -0.2) is 62.3 Å². The Hall–Kier alpha value is -2.08. The third-order valence-corrected chi connectivity index (χ3v) is 3.67. The summed E-state index contributed by atoms with van der Waals surface area (Å²) in [7, 11) is 3.16. The van der Waals surface area contributed by atoms with E-state index in [0.29, 0.717) is 5.69 Å². The van der Waals surface area contributed by atoms with Crippen molar-refractivity contribution in [2.24, 2.45) is 0 Å². The normalized spacial score (nSPS) is 10.6. The van der Waals surface area contributed by atoms with E-state index < -0.39 is 11.9 Å². The molecule has 6 heteroatoms. The molecular formula is C16H24N2O4. The second kappa shape index (κ2) is 8.38. The SMILES string of the molecule is CCN(CC)CCN(C)c1cc(C(=O)O)cc(C(=O)OC)c1. The highest BCUT2D eigenvalue weighted by atomic mass is 16.5. The predicted molar refractivity (Wildman–Crippen MR) is 85.8 cm³/mol. The minimum absolute atomic E-state index is 0.0765. The lowest BCUT2D eigenvalue weighted by molar-refractivity contribution is 0.0600. The molecule has 0 aliphatic rings. The molecule has 0 amide bonds. The zero-order valence-electron chi connectivity index (χ0n) is 13.6. The van der Waals surface area contributed by atoms with Crippen LogP contribution in [0.3, 0.4) is 0 Å². The van der Waals surface area contributed by atoms with Crippen LogP contribution in [0.5, 0.6) is 0 Å². The summed E-state index contributed by atoms with van der Waals surface area (Å²) < 4.78 is 4.68. The number of likely N-dealkylation sites (N-methyl/N-ethyl adjacent to an activating group) is 2. The van der Waals surface area contributed by atoms with Gasteiger partial charge in [-0.05, 0) is 31.3 Å². The fraction of sp³-hybridized carbons (Fsp3) is 0.500. The summed E-state index contributed by atoms with van der Waals surface area (Å²) in [4.78, 5) is 27.1. The van der Waals surface area contributed by atoms with Crippen LogP contribution in [0.25, 0.3) is 0 Å². The van der Waals surface area contributed by atoms with Gasteiger partial charge in [-0.15, -0.1) is 0 Å². The largest absolute Gasteiger partial charge is 0.478 e. The number of aromatic carboxylic acids is 1. The summed E-state index contributed by atoms with van der Waals surface area (Å²) in [5, 5.41) is 9.19. The van der Waals surface area contributed by atoms with Gasteiger partial charge in [-0.25, -0.2) is 9.59 Å². The molecule has 0 spiro atoms. The second-order valence-electron chi connectivity index (χ2n) is 5.01. The van der Waals surface area contributed by atoms with Gasteiger partial charge in [-0.3, -0.25) is 0 Å². The Bertz CT molecular complexity index is 527. The molecule has 0 saturated carbocycles. The zero-order valence-corrected chi connectivity index (χ0v) is 13.6. The maximum absolute atomic E-state index is 11.7. The molecule has 22 heavy (non-hydrogen) atoms. The molecule has 1 aromatic rings. The summed E-state index contributed by atoms with van der Waals surface area (Å²) >= 11 is 0. The van der Waals surface area contributed by atoms with Gasteiger partial charge < -0.3 is 19.6 Å². The van der Waals surface area contributed by atoms with Crippen LogP contribution >= 0.6 is 0 Å². The number of ether oxygens (including phenoxy) is 1. The number of rotatable bonds is 8. The first kappa shape index (κ1) is 18.0. The molecule has 122 valence electrons. The average molecular weight is 308 g/mol. The monoisotopic (exact) mass is 308 g/mol. The van der Waals surface area contributed by atoms with E-state index in [9.17, 15) is 14.7 Å². The molecule has 0 radical (unpaired) electrons. The van der Waals surface area contributed by atoms with Gasteiger partial charge in [0.1, 0.15) is 0 Å². The number of methoxy groups -OCH3 is 1. The molecule has 0 saturated heterocycles. The maximum Gasteiger partial charge on any atom is 0.337 e. The van der Waals surface area contributed by atoms with Crippen molar-refractivity contribution in [3.05, 3.63) is 29.3 Å². The Balaban J connectivity index is 2.98. The van der Waals surface area contributed by atoms with E-state index in [2.05, 4.69) is 23.5 Å². The highest BCUT2D eigenvalue weighted by molar-refractivity contribution is 5.96. The van der Waals surface area contributed by atoms with E-state index in [0.717, 1.165) is 26.2 Å². The van der Waals surface area contributed by atoms with Crippen LogP contribution < -0.4 is 4.90 Å². The quantitative estimate of drug-likeness (QED) is 0.740. The smallest absolute Gasteiger partial charge is 0.337 e. The number of anilines is 1. The standard InChI is InChI=1S/C16H24N2O4/c1-5-18(6-2)8-7-17(3)14-10-12(15(19)20)9-13(11-14)16(21)22-4/h9-11H,5-8H2,1-4H3,(H,19,20). The van der Waals surface area contributed by atoms with E-state index in [4.69, 9.17) is 0 Å². The van der Waals surface area contributed by atoms with Gasteiger partial charge in [0.15, 0.2) is 0 Å². The number of esters is 1. The third-order valence-electron chi connectivity index (χ3n) is 3.67. The fourth-order valence-corrected chi connectivity index (χ4v) is 2.15. The zero-order chi connectivity index (χ0) is 16.7. The average Bonchev–Trinajstić information content (AvgIpc) is 2.54. The summed E-state index contributed by atoms with van der Waals surface area (Å²) in [5.41, 5.74) is 1.01. The number of hydrogen-bond donors (Lipinski definition) is 1. The first-order valence-corrected chi connectivity index (χ1v) is 7.33. The number of carboxylic acids is 1. The molecular weight excluding hydrogens is 284 g/mol. The highest BCUT2D eigenvalue weighted by Gasteiger charge is 2.14. The molecule has 0 atom stereocenters. The van der Waals surface area contributed by atoms with Crippen LogP contribution in [0.1, 0.15) is 34.6 Å². The summed E-state index contributed by atoms with van der Waals surface area (Å²) in [6.45, 7) is 7.74. The first-order valence-electron chi connectivity index (χ1n) is 7.33. The number of hydrogen-bond acceptors (Lipinski definition) is 5. The molecule has 0 unspecified atom stereocenters. The van der Waals surface area contributed by atoms with Crippen molar-refractivity contribution in [2.45, 2.75) is 13.8 Å². The summed E-state index contributed by atoms with van der Waals surface area (Å²) in [5.74, 6) is -1.61. The van der Waals surface area contributed by atoms with Crippen molar-refractivity contribution in [3.63, 3.8) is 0 Å². The highest BCUT2D eigenvalue weighted by Crippen LogP contribution is 2.19. The minimum Gasteiger partial charge on any atom is -0.478 e. The minimum atomic E-state index is -1.07. The number of benzene rings is 1. The Kier molecular flexibility index (Phi) is 6.85. The number of carbonyl (C=O) groups is 2. The Morgan fingerprint density at radius 3 is 2.18 bits per heavy atom. The molecule has 0 aliphatic carbocycles. The lowest BCUT2D eigenvalue weighted by atomic mass is 10.1. The van der Waals surface area contributed by atoms with Crippen LogP contribution in [0.15, 0.2) is 18.2 Å². The topological polar surface area (TPSA) is 70.1 Å². The van der Waals surface area contributed by atoms with Crippen molar-refractivity contribution in [3.8, 4) is 0 Å². The third kappa shape index (κ3) is 4.73. The summed E-state index contributed by atoms with van der Waals surface area (Å²) in [6, 6.07) is 4.55. The van der Waals surface area contributed by atoms with Gasteiger partial charge in [0.05, 0.1) is 18.2 Å². The van der Waals surface area contributed by atoms with Crippen LogP contribution in [0.4, 0.5) is 5.69 Å². The molecule has 1 N–H and O–H groups in total. The predicted octanol–water partition coefficient (Wildman–Crippen LogP) is 1.95. The van der Waals surface area contributed by atoms with Crippen molar-refractivity contribution < 1.29 is 19.4 Å². The molecule has 0 heterocycles. The Morgan fingerprint density at radius 2 is 1.68 bits per heavy atom. The molecule has 0 fully saturated rings. The van der Waals surface area contributed by atoms with E-state index in [1.165, 1.54) is 13.2 Å². The van der Waals surface area contributed by atoms with Crippen molar-refractivity contribution in [1.82, 2.24) is 4.90 Å². The molecule has 0 bridgehead atoms. The molecule has 1 rings (SSSR count). The first-order chi connectivity index (χ1) is 10.4. The van der Waals surface area contributed by atoms with Gasteiger partial charge in [0.2, 0.25) is 0 Å². The van der Waals surface area contributed by atoms with E-state index in [1.807, 2.05) is 11.9 Å². The van der Waals surface area contributed by atoms with Crippen LogP contribution in [0.2, 0.25) is 0 Å². The molecule has 1 aromatic carbocycles. The van der Waals surface area contributed by atoms with Crippen molar-refractivity contribution in [1.29, 1.82) is 0 Å². The maximum atomic E-state index is 11.7. The van der Waals surface area contributed by atoms with Crippen molar-refractivity contribution >= 4 is 17.6 Å². The summed E-state index contributed by atoms with van der Waals surface area (Å²) in [6.07, 6.45) is 0. The van der Waals surface area contributed by atoms with E-state index in [-0.39, 0.29) is 11.1 Å². The number of nitrogens with zero attached hydrogens (tertiary/aromatic N) is 2. The Morgan fingerprint density at radius 1 is 1.09 bits per heavy atom.